The maximum absolute atomic E-state index is 14.1. The molecule has 0 spiro atoms. The third-order valence-corrected chi connectivity index (χ3v) is 8.12. The molecule has 0 bridgehead atoms. The second-order valence-electron chi connectivity index (χ2n) is 10.7. The second kappa shape index (κ2) is 13.0. The van der Waals surface area contributed by atoms with Crippen molar-refractivity contribution >= 4 is 27.5 Å². The molecule has 2 amide bonds. The summed E-state index contributed by atoms with van der Waals surface area (Å²) in [5.74, 6) is -0.130. The number of para-hydroxylation sites is 1. The van der Waals surface area contributed by atoms with E-state index in [0.29, 0.717) is 17.9 Å². The molecule has 3 rings (SSSR count). The van der Waals surface area contributed by atoms with Crippen molar-refractivity contribution in [3.05, 3.63) is 90.0 Å². The van der Waals surface area contributed by atoms with Crippen LogP contribution in [0.2, 0.25) is 0 Å². The summed E-state index contributed by atoms with van der Waals surface area (Å²) in [6.07, 6.45) is 0.347. The molecule has 214 valence electrons. The summed E-state index contributed by atoms with van der Waals surface area (Å²) in [6.45, 7) is 8.97. The first kappa shape index (κ1) is 30.7. The third-order valence-electron chi connectivity index (χ3n) is 6.33. The van der Waals surface area contributed by atoms with Crippen molar-refractivity contribution in [1.82, 2.24) is 10.2 Å². The zero-order chi connectivity index (χ0) is 29.5. The Morgan fingerprint density at radius 3 is 2.05 bits per heavy atom. The summed E-state index contributed by atoms with van der Waals surface area (Å²) in [5.41, 5.74) is 1.55. The van der Waals surface area contributed by atoms with Gasteiger partial charge >= 0.3 is 0 Å². The van der Waals surface area contributed by atoms with Crippen LogP contribution in [-0.4, -0.2) is 50.4 Å². The molecule has 0 aromatic heterocycles. The summed E-state index contributed by atoms with van der Waals surface area (Å²) >= 11 is 0. The minimum absolute atomic E-state index is 0.0778. The van der Waals surface area contributed by atoms with Crippen LogP contribution in [0.5, 0.6) is 5.75 Å². The zero-order valence-corrected chi connectivity index (χ0v) is 24.9. The number of benzene rings is 3. The van der Waals surface area contributed by atoms with Gasteiger partial charge in [-0.25, -0.2) is 8.42 Å². The maximum atomic E-state index is 14.1. The van der Waals surface area contributed by atoms with Crippen LogP contribution < -0.4 is 14.4 Å². The first-order valence-electron chi connectivity index (χ1n) is 13.2. The highest BCUT2D eigenvalue weighted by atomic mass is 32.2. The number of methoxy groups -OCH3 is 1. The van der Waals surface area contributed by atoms with Crippen LogP contribution in [-0.2, 0) is 26.2 Å². The van der Waals surface area contributed by atoms with E-state index in [9.17, 15) is 18.0 Å². The Balaban J connectivity index is 2.04. The van der Waals surface area contributed by atoms with E-state index < -0.39 is 34.1 Å². The van der Waals surface area contributed by atoms with Crippen molar-refractivity contribution in [2.24, 2.45) is 0 Å². The molecule has 0 aliphatic heterocycles. The van der Waals surface area contributed by atoms with Gasteiger partial charge in [-0.05, 0) is 76.1 Å². The Morgan fingerprint density at radius 1 is 0.925 bits per heavy atom. The van der Waals surface area contributed by atoms with Crippen LogP contribution in [0.15, 0.2) is 83.8 Å². The number of nitrogens with zero attached hydrogens (tertiary/aromatic N) is 2. The average Bonchev–Trinajstić information content (AvgIpc) is 2.91. The molecule has 0 saturated carbocycles. The third kappa shape index (κ3) is 7.85. The minimum Gasteiger partial charge on any atom is -0.497 e. The van der Waals surface area contributed by atoms with E-state index in [1.165, 1.54) is 17.0 Å². The van der Waals surface area contributed by atoms with Crippen molar-refractivity contribution in [2.45, 2.75) is 64.1 Å². The topological polar surface area (TPSA) is 96.0 Å². The number of rotatable bonds is 11. The van der Waals surface area contributed by atoms with Gasteiger partial charge in [0.2, 0.25) is 11.8 Å². The average molecular weight is 566 g/mol. The van der Waals surface area contributed by atoms with Gasteiger partial charge in [-0.15, -0.1) is 0 Å². The summed E-state index contributed by atoms with van der Waals surface area (Å²) < 4.78 is 34.1. The van der Waals surface area contributed by atoms with Gasteiger partial charge in [0.05, 0.1) is 17.7 Å². The molecule has 0 saturated heterocycles. The first-order chi connectivity index (χ1) is 18.9. The Morgan fingerprint density at radius 2 is 1.52 bits per heavy atom. The molecule has 40 heavy (non-hydrogen) atoms. The Hall–Kier alpha value is -3.85. The van der Waals surface area contributed by atoms with Gasteiger partial charge in [0.25, 0.3) is 10.0 Å². The predicted octanol–water partition coefficient (Wildman–Crippen LogP) is 4.92. The number of sulfonamides is 1. The van der Waals surface area contributed by atoms with Crippen LogP contribution >= 0.6 is 0 Å². The van der Waals surface area contributed by atoms with E-state index in [1.807, 2.05) is 46.8 Å². The van der Waals surface area contributed by atoms with Crippen LogP contribution in [0, 0.1) is 6.92 Å². The Bertz CT molecular complexity index is 1380. The quantitative estimate of drug-likeness (QED) is 0.356. The normalized spacial score (nSPS) is 12.3. The molecule has 3 aromatic rings. The number of ether oxygens (including phenoxy) is 1. The lowest BCUT2D eigenvalue weighted by atomic mass is 10.1. The molecule has 0 fully saturated rings. The standard InChI is InChI=1S/C31H39N3O5S/c1-7-28(30(36)32-31(3,4)5)33(21-24-15-17-26(39-6)18-16-24)29(35)22-34(25-11-9-8-10-12-25)40(37,38)27-19-13-23(2)14-20-27/h8-20,28H,7,21-22H2,1-6H3,(H,32,36). The molecular formula is C31H39N3O5S. The fourth-order valence-corrected chi connectivity index (χ4v) is 5.67. The number of nitrogens with one attached hydrogen (secondary N) is 1. The first-order valence-corrected chi connectivity index (χ1v) is 14.7. The molecule has 8 nitrogen and oxygen atoms in total. The number of carbonyl (C=O) groups is 2. The van der Waals surface area contributed by atoms with Crippen LogP contribution in [0.25, 0.3) is 0 Å². The second-order valence-corrected chi connectivity index (χ2v) is 12.6. The van der Waals surface area contributed by atoms with Gasteiger partial charge in [0.1, 0.15) is 18.3 Å². The number of hydrogen-bond donors (Lipinski definition) is 1. The Labute approximate surface area is 238 Å². The molecular weight excluding hydrogens is 526 g/mol. The summed E-state index contributed by atoms with van der Waals surface area (Å²) in [7, 11) is -2.52. The highest BCUT2D eigenvalue weighted by Gasteiger charge is 2.34. The largest absolute Gasteiger partial charge is 0.497 e. The summed E-state index contributed by atoms with van der Waals surface area (Å²) in [4.78, 5) is 29.0. The maximum Gasteiger partial charge on any atom is 0.264 e. The van der Waals surface area contributed by atoms with Crippen molar-refractivity contribution in [1.29, 1.82) is 0 Å². The van der Waals surface area contributed by atoms with Crippen molar-refractivity contribution in [3.63, 3.8) is 0 Å². The molecule has 1 N–H and O–H groups in total. The number of amides is 2. The van der Waals surface area contributed by atoms with Crippen LogP contribution in [0.4, 0.5) is 5.69 Å². The fourth-order valence-electron chi connectivity index (χ4n) is 4.26. The van der Waals surface area contributed by atoms with E-state index in [-0.39, 0.29) is 17.3 Å². The predicted molar refractivity (Wildman–Crippen MR) is 158 cm³/mol. The zero-order valence-electron chi connectivity index (χ0n) is 24.0. The molecule has 9 heteroatoms. The number of aryl methyl sites for hydroxylation is 1. The van der Waals surface area contributed by atoms with Crippen molar-refractivity contribution < 1.29 is 22.7 Å². The van der Waals surface area contributed by atoms with Crippen molar-refractivity contribution in [3.8, 4) is 5.75 Å². The number of anilines is 1. The van der Waals surface area contributed by atoms with Gasteiger partial charge in [-0.2, -0.15) is 0 Å². The fraction of sp³-hybridized carbons (Fsp3) is 0.355. The minimum atomic E-state index is -4.09. The molecule has 0 aliphatic carbocycles. The lowest BCUT2D eigenvalue weighted by Gasteiger charge is -2.34. The van der Waals surface area contributed by atoms with E-state index in [2.05, 4.69) is 5.32 Å². The Kier molecular flexibility index (Phi) is 9.98. The molecule has 0 aliphatic rings. The highest BCUT2D eigenvalue weighted by Crippen LogP contribution is 2.25. The lowest BCUT2D eigenvalue weighted by molar-refractivity contribution is -0.141. The molecule has 1 unspecified atom stereocenters. The smallest absolute Gasteiger partial charge is 0.264 e. The molecule has 0 heterocycles. The molecule has 0 radical (unpaired) electrons. The van der Waals surface area contributed by atoms with E-state index >= 15 is 0 Å². The summed E-state index contributed by atoms with van der Waals surface area (Å²) in [6, 6.07) is 21.4. The molecule has 1 atom stereocenters. The van der Waals surface area contributed by atoms with Crippen LogP contribution in [0.1, 0.15) is 45.2 Å². The SMILES string of the molecule is CCC(C(=O)NC(C)(C)C)N(Cc1ccc(OC)cc1)C(=O)CN(c1ccccc1)S(=O)(=O)c1ccc(C)cc1. The van der Waals surface area contributed by atoms with Gasteiger partial charge in [-0.1, -0.05) is 55.0 Å². The van der Waals surface area contributed by atoms with Gasteiger partial charge in [0, 0.05) is 12.1 Å². The lowest BCUT2D eigenvalue weighted by Crippen LogP contribution is -2.55. The van der Waals surface area contributed by atoms with E-state index in [4.69, 9.17) is 4.74 Å². The van der Waals surface area contributed by atoms with E-state index in [1.54, 1.807) is 61.7 Å². The van der Waals surface area contributed by atoms with Crippen LogP contribution in [0.3, 0.4) is 0 Å². The number of carbonyl (C=O) groups excluding carboxylic acids is 2. The van der Waals surface area contributed by atoms with Gasteiger partial charge < -0.3 is 15.0 Å². The van der Waals surface area contributed by atoms with Crippen molar-refractivity contribution in [2.75, 3.05) is 18.0 Å². The summed E-state index contributed by atoms with van der Waals surface area (Å²) in [5, 5.41) is 2.97. The van der Waals surface area contributed by atoms with Gasteiger partial charge in [-0.3, -0.25) is 13.9 Å². The molecule has 3 aromatic carbocycles. The van der Waals surface area contributed by atoms with Gasteiger partial charge in [0.15, 0.2) is 0 Å². The monoisotopic (exact) mass is 565 g/mol. The van der Waals surface area contributed by atoms with E-state index in [0.717, 1.165) is 15.4 Å². The highest BCUT2D eigenvalue weighted by molar-refractivity contribution is 7.92. The number of hydrogen-bond acceptors (Lipinski definition) is 5.